The van der Waals surface area contributed by atoms with Crippen molar-refractivity contribution >= 4 is 11.7 Å². The fourth-order valence-electron chi connectivity index (χ4n) is 2.87. The minimum atomic E-state index is -0.0187. The lowest BCUT2D eigenvalue weighted by molar-refractivity contribution is -0.133. The van der Waals surface area contributed by atoms with Crippen LogP contribution in [0.2, 0.25) is 0 Å². The number of carbonyl (C=O) groups is 1. The fourth-order valence-corrected chi connectivity index (χ4v) is 2.87. The number of hydrogen-bond acceptors (Lipinski definition) is 6. The number of rotatable bonds is 6. The molecular weight excluding hydrogens is 332 g/mol. The summed E-state index contributed by atoms with van der Waals surface area (Å²) in [6.45, 7) is 7.23. The highest BCUT2D eigenvalue weighted by molar-refractivity contribution is 5.78. The number of nitrogens with zero attached hydrogens (tertiary/aromatic N) is 4. The molecule has 0 unspecified atom stereocenters. The lowest BCUT2D eigenvalue weighted by Gasteiger charge is -2.35. The summed E-state index contributed by atoms with van der Waals surface area (Å²) in [7, 11) is 0. The van der Waals surface area contributed by atoms with E-state index in [2.05, 4.69) is 14.9 Å². The summed E-state index contributed by atoms with van der Waals surface area (Å²) in [4.78, 5) is 24.9. The minimum absolute atomic E-state index is 0.0106. The van der Waals surface area contributed by atoms with Crippen LogP contribution in [0.4, 0.5) is 5.82 Å². The maximum atomic E-state index is 12.5. The summed E-state index contributed by atoms with van der Waals surface area (Å²) in [5.41, 5.74) is 0.940. The first-order valence-corrected chi connectivity index (χ1v) is 8.83. The van der Waals surface area contributed by atoms with Crippen LogP contribution < -0.4 is 14.4 Å². The molecule has 1 aromatic carbocycles. The first-order chi connectivity index (χ1) is 12.7. The molecule has 1 aromatic heterocycles. The third-order valence-corrected chi connectivity index (χ3v) is 4.25. The molecule has 0 aliphatic carbocycles. The number of aromatic nitrogens is 2. The number of ether oxygens (including phenoxy) is 2. The standard InChI is InChI=1S/C19H24N4O3/c1-3-25-16-6-4-5-7-17(16)26-13-19(24)23-10-8-22(9-11-23)18-12-15(2)20-14-21-18/h4-7,12,14H,3,8-11,13H2,1-2H3. The number of benzene rings is 1. The number of amides is 1. The molecule has 2 aromatic rings. The zero-order valence-electron chi connectivity index (χ0n) is 15.2. The second-order valence-corrected chi connectivity index (χ2v) is 6.05. The van der Waals surface area contributed by atoms with Gasteiger partial charge in [-0.15, -0.1) is 0 Å². The highest BCUT2D eigenvalue weighted by atomic mass is 16.5. The van der Waals surface area contributed by atoms with E-state index in [-0.39, 0.29) is 12.5 Å². The average Bonchev–Trinajstić information content (AvgIpc) is 2.67. The number of hydrogen-bond donors (Lipinski definition) is 0. The Bertz CT molecular complexity index is 745. The Kier molecular flexibility index (Phi) is 5.88. The first kappa shape index (κ1) is 18.0. The molecular formula is C19H24N4O3. The smallest absolute Gasteiger partial charge is 0.260 e. The molecule has 26 heavy (non-hydrogen) atoms. The maximum Gasteiger partial charge on any atom is 0.260 e. The van der Waals surface area contributed by atoms with Gasteiger partial charge in [0.1, 0.15) is 12.1 Å². The lowest BCUT2D eigenvalue weighted by atomic mass is 10.3. The van der Waals surface area contributed by atoms with Crippen molar-refractivity contribution in [2.75, 3.05) is 44.3 Å². The highest BCUT2D eigenvalue weighted by Crippen LogP contribution is 2.26. The largest absolute Gasteiger partial charge is 0.490 e. The van der Waals surface area contributed by atoms with Crippen LogP contribution in [0, 0.1) is 6.92 Å². The van der Waals surface area contributed by atoms with E-state index in [4.69, 9.17) is 9.47 Å². The molecule has 0 bridgehead atoms. The molecule has 1 amide bonds. The number of carbonyl (C=O) groups excluding carboxylic acids is 1. The topological polar surface area (TPSA) is 67.8 Å². The molecule has 0 N–H and O–H groups in total. The van der Waals surface area contributed by atoms with Gasteiger partial charge in [-0.05, 0) is 26.0 Å². The van der Waals surface area contributed by atoms with E-state index in [1.54, 1.807) is 6.33 Å². The molecule has 0 saturated carbocycles. The quantitative estimate of drug-likeness (QED) is 0.788. The van der Waals surface area contributed by atoms with Gasteiger partial charge in [-0.2, -0.15) is 0 Å². The van der Waals surface area contributed by atoms with Gasteiger partial charge in [-0.1, -0.05) is 12.1 Å². The molecule has 0 radical (unpaired) electrons. The Morgan fingerprint density at radius 1 is 1.08 bits per heavy atom. The van der Waals surface area contributed by atoms with E-state index in [0.29, 0.717) is 31.2 Å². The minimum Gasteiger partial charge on any atom is -0.490 e. The third-order valence-electron chi connectivity index (χ3n) is 4.25. The number of para-hydroxylation sites is 2. The average molecular weight is 356 g/mol. The molecule has 2 heterocycles. The van der Waals surface area contributed by atoms with Crippen molar-refractivity contribution < 1.29 is 14.3 Å². The summed E-state index contributed by atoms with van der Waals surface area (Å²) in [6, 6.07) is 9.36. The Labute approximate surface area is 153 Å². The van der Waals surface area contributed by atoms with Gasteiger partial charge in [-0.25, -0.2) is 9.97 Å². The van der Waals surface area contributed by atoms with Crippen LogP contribution in [0.25, 0.3) is 0 Å². The van der Waals surface area contributed by atoms with Crippen LogP contribution >= 0.6 is 0 Å². The second kappa shape index (κ2) is 8.51. The van der Waals surface area contributed by atoms with Crippen LogP contribution in [0.15, 0.2) is 36.7 Å². The first-order valence-electron chi connectivity index (χ1n) is 8.83. The predicted molar refractivity (Wildman–Crippen MR) is 98.7 cm³/mol. The molecule has 138 valence electrons. The fraction of sp³-hybridized carbons (Fsp3) is 0.421. The summed E-state index contributed by atoms with van der Waals surface area (Å²) in [5.74, 6) is 2.14. The number of piperazine rings is 1. The van der Waals surface area contributed by atoms with Gasteiger partial charge < -0.3 is 19.3 Å². The van der Waals surface area contributed by atoms with E-state index < -0.39 is 0 Å². The van der Waals surface area contributed by atoms with Crippen molar-refractivity contribution in [1.82, 2.24) is 14.9 Å². The van der Waals surface area contributed by atoms with Gasteiger partial charge in [0.05, 0.1) is 6.61 Å². The Morgan fingerprint density at radius 3 is 2.42 bits per heavy atom. The maximum absolute atomic E-state index is 12.5. The van der Waals surface area contributed by atoms with Crippen LogP contribution in [0.3, 0.4) is 0 Å². The van der Waals surface area contributed by atoms with E-state index in [1.807, 2.05) is 49.1 Å². The normalized spacial score (nSPS) is 14.2. The Hall–Kier alpha value is -2.83. The van der Waals surface area contributed by atoms with Gasteiger partial charge in [0.15, 0.2) is 18.1 Å². The lowest BCUT2D eigenvalue weighted by Crippen LogP contribution is -2.50. The monoisotopic (exact) mass is 356 g/mol. The number of aryl methyl sites for hydroxylation is 1. The van der Waals surface area contributed by atoms with Crippen molar-refractivity contribution in [3.05, 3.63) is 42.4 Å². The molecule has 1 aliphatic rings. The van der Waals surface area contributed by atoms with Crippen molar-refractivity contribution in [2.24, 2.45) is 0 Å². The van der Waals surface area contributed by atoms with Gasteiger partial charge in [-0.3, -0.25) is 4.79 Å². The highest BCUT2D eigenvalue weighted by Gasteiger charge is 2.22. The molecule has 1 aliphatic heterocycles. The molecule has 1 saturated heterocycles. The van der Waals surface area contributed by atoms with Crippen molar-refractivity contribution in [2.45, 2.75) is 13.8 Å². The van der Waals surface area contributed by atoms with Crippen LogP contribution in [0.1, 0.15) is 12.6 Å². The van der Waals surface area contributed by atoms with E-state index in [1.165, 1.54) is 0 Å². The van der Waals surface area contributed by atoms with Gasteiger partial charge in [0.2, 0.25) is 0 Å². The van der Waals surface area contributed by atoms with Gasteiger partial charge in [0.25, 0.3) is 5.91 Å². The predicted octanol–water partition coefficient (Wildman–Crippen LogP) is 1.91. The summed E-state index contributed by atoms with van der Waals surface area (Å²) in [6.07, 6.45) is 1.58. The van der Waals surface area contributed by atoms with Crippen molar-refractivity contribution in [3.8, 4) is 11.5 Å². The second-order valence-electron chi connectivity index (χ2n) is 6.05. The third kappa shape index (κ3) is 4.41. The van der Waals surface area contributed by atoms with E-state index in [0.717, 1.165) is 24.6 Å². The van der Waals surface area contributed by atoms with E-state index in [9.17, 15) is 4.79 Å². The summed E-state index contributed by atoms with van der Waals surface area (Å²) < 4.78 is 11.2. The van der Waals surface area contributed by atoms with Gasteiger partial charge >= 0.3 is 0 Å². The van der Waals surface area contributed by atoms with Crippen LogP contribution in [-0.4, -0.2) is 60.2 Å². The van der Waals surface area contributed by atoms with Crippen molar-refractivity contribution in [3.63, 3.8) is 0 Å². The Morgan fingerprint density at radius 2 is 1.77 bits per heavy atom. The van der Waals surface area contributed by atoms with E-state index >= 15 is 0 Å². The molecule has 7 heteroatoms. The molecule has 0 spiro atoms. The molecule has 0 atom stereocenters. The van der Waals surface area contributed by atoms with Crippen LogP contribution in [-0.2, 0) is 4.79 Å². The zero-order valence-corrected chi connectivity index (χ0v) is 15.2. The molecule has 7 nitrogen and oxygen atoms in total. The van der Waals surface area contributed by atoms with Crippen LogP contribution in [0.5, 0.6) is 11.5 Å². The SMILES string of the molecule is CCOc1ccccc1OCC(=O)N1CCN(c2cc(C)ncn2)CC1. The summed E-state index contributed by atoms with van der Waals surface area (Å²) >= 11 is 0. The summed E-state index contributed by atoms with van der Waals surface area (Å²) in [5, 5.41) is 0. The Balaban J connectivity index is 1.51. The number of anilines is 1. The molecule has 3 rings (SSSR count). The van der Waals surface area contributed by atoms with Crippen molar-refractivity contribution in [1.29, 1.82) is 0 Å². The zero-order chi connectivity index (χ0) is 18.4. The molecule has 1 fully saturated rings. The van der Waals surface area contributed by atoms with Gasteiger partial charge in [0, 0.05) is 37.9 Å².